The number of hydrogen-bond donors (Lipinski definition) is 1. The fraction of sp³-hybridized carbons (Fsp3) is 0.182. The van der Waals surface area contributed by atoms with E-state index in [1.807, 2.05) is 18.2 Å². The van der Waals surface area contributed by atoms with Crippen LogP contribution in [0.15, 0.2) is 54.6 Å². The van der Waals surface area contributed by atoms with Gasteiger partial charge in [-0.3, -0.25) is 0 Å². The van der Waals surface area contributed by atoms with E-state index in [1.54, 1.807) is 31.4 Å². The molecule has 0 aromatic heterocycles. The zero-order valence-corrected chi connectivity index (χ0v) is 17.8. The Morgan fingerprint density at radius 3 is 2.32 bits per heavy atom. The van der Waals surface area contributed by atoms with Gasteiger partial charge >= 0.3 is 0 Å². The van der Waals surface area contributed by atoms with Crippen LogP contribution in [0.5, 0.6) is 11.5 Å². The molecule has 3 nitrogen and oxygen atoms in total. The van der Waals surface area contributed by atoms with Crippen molar-refractivity contribution in [3.05, 3.63) is 86.4 Å². The van der Waals surface area contributed by atoms with Crippen LogP contribution in [0.2, 0.25) is 15.1 Å². The van der Waals surface area contributed by atoms with Gasteiger partial charge in [0.25, 0.3) is 0 Å². The van der Waals surface area contributed by atoms with Crippen molar-refractivity contribution in [2.75, 3.05) is 12.4 Å². The molecule has 3 aromatic carbocycles. The average molecular weight is 437 g/mol. The van der Waals surface area contributed by atoms with Gasteiger partial charge < -0.3 is 14.8 Å². The second-order valence-electron chi connectivity index (χ2n) is 6.35. The number of anilines is 1. The van der Waals surface area contributed by atoms with Gasteiger partial charge in [-0.05, 0) is 42.3 Å². The summed E-state index contributed by atoms with van der Waals surface area (Å²) in [5.74, 6) is 1.21. The van der Waals surface area contributed by atoms with Crippen molar-refractivity contribution in [1.82, 2.24) is 0 Å². The van der Waals surface area contributed by atoms with Gasteiger partial charge in [0.15, 0.2) is 11.5 Å². The molecule has 6 heteroatoms. The van der Waals surface area contributed by atoms with E-state index in [0.29, 0.717) is 39.7 Å². The van der Waals surface area contributed by atoms with Gasteiger partial charge in [0.2, 0.25) is 0 Å². The zero-order valence-electron chi connectivity index (χ0n) is 15.6. The van der Waals surface area contributed by atoms with Gasteiger partial charge in [-0.2, -0.15) is 0 Å². The van der Waals surface area contributed by atoms with Crippen LogP contribution >= 0.6 is 34.8 Å². The Balaban J connectivity index is 1.73. The number of methoxy groups -OCH3 is 1. The van der Waals surface area contributed by atoms with Gasteiger partial charge in [0, 0.05) is 22.7 Å². The van der Waals surface area contributed by atoms with E-state index in [2.05, 4.69) is 24.4 Å². The van der Waals surface area contributed by atoms with E-state index in [4.69, 9.17) is 44.3 Å². The minimum atomic E-state index is 0.433. The summed E-state index contributed by atoms with van der Waals surface area (Å²) < 4.78 is 11.4. The molecule has 0 atom stereocenters. The lowest BCUT2D eigenvalue weighted by Gasteiger charge is -2.15. The molecule has 0 spiro atoms. The van der Waals surface area contributed by atoms with Crippen molar-refractivity contribution in [2.24, 2.45) is 0 Å². The number of ether oxygens (including phenoxy) is 2. The zero-order chi connectivity index (χ0) is 20.1. The van der Waals surface area contributed by atoms with Crippen LogP contribution in [0.25, 0.3) is 0 Å². The standard InChI is InChI=1S/C22H20Cl3NO2/c1-14-3-5-15(6-4-14)13-28-22-11-19(25)16(9-21(22)27-2)12-26-20-10-17(23)7-8-18(20)24/h3-11,26H,12-13H2,1-2H3. The molecule has 0 saturated carbocycles. The maximum Gasteiger partial charge on any atom is 0.163 e. The van der Waals surface area contributed by atoms with Crippen molar-refractivity contribution in [3.8, 4) is 11.5 Å². The first-order valence-corrected chi connectivity index (χ1v) is 9.83. The maximum atomic E-state index is 6.46. The normalized spacial score (nSPS) is 10.6. The molecule has 28 heavy (non-hydrogen) atoms. The summed E-state index contributed by atoms with van der Waals surface area (Å²) in [6, 6.07) is 17.1. The lowest BCUT2D eigenvalue weighted by atomic mass is 10.1. The molecular formula is C22H20Cl3NO2. The van der Waals surface area contributed by atoms with Crippen molar-refractivity contribution in [1.29, 1.82) is 0 Å². The van der Waals surface area contributed by atoms with Gasteiger partial charge in [-0.15, -0.1) is 0 Å². The summed E-state index contributed by atoms with van der Waals surface area (Å²) in [5.41, 5.74) is 3.88. The Hall–Kier alpha value is -2.07. The Morgan fingerprint density at radius 1 is 0.857 bits per heavy atom. The van der Waals surface area contributed by atoms with Gasteiger partial charge in [-0.1, -0.05) is 64.6 Å². The maximum absolute atomic E-state index is 6.46. The average Bonchev–Trinajstić information content (AvgIpc) is 2.69. The van der Waals surface area contributed by atoms with E-state index in [0.717, 1.165) is 16.8 Å². The molecule has 3 aromatic rings. The third-order valence-electron chi connectivity index (χ3n) is 4.25. The van der Waals surface area contributed by atoms with Crippen LogP contribution in [0.3, 0.4) is 0 Å². The molecule has 0 unspecified atom stereocenters. The summed E-state index contributed by atoms with van der Waals surface area (Å²) in [4.78, 5) is 0. The number of halogens is 3. The van der Waals surface area contributed by atoms with Crippen molar-refractivity contribution in [2.45, 2.75) is 20.1 Å². The molecule has 0 fully saturated rings. The second kappa shape index (κ2) is 9.42. The highest BCUT2D eigenvalue weighted by molar-refractivity contribution is 6.35. The molecule has 146 valence electrons. The number of hydrogen-bond acceptors (Lipinski definition) is 3. The Kier molecular flexibility index (Phi) is 6.95. The Labute approximate surface area is 180 Å². The van der Waals surface area contributed by atoms with E-state index in [-0.39, 0.29) is 0 Å². The predicted octanol–water partition coefficient (Wildman–Crippen LogP) is 7.15. The van der Waals surface area contributed by atoms with E-state index < -0.39 is 0 Å². The molecule has 0 radical (unpaired) electrons. The van der Waals surface area contributed by atoms with Crippen LogP contribution in [0.4, 0.5) is 5.69 Å². The molecule has 0 saturated heterocycles. The van der Waals surface area contributed by atoms with E-state index >= 15 is 0 Å². The number of benzene rings is 3. The van der Waals surface area contributed by atoms with Gasteiger partial charge in [0.05, 0.1) is 17.8 Å². The lowest BCUT2D eigenvalue weighted by molar-refractivity contribution is 0.284. The van der Waals surface area contributed by atoms with E-state index in [9.17, 15) is 0 Å². The number of nitrogens with one attached hydrogen (secondary N) is 1. The highest BCUT2D eigenvalue weighted by atomic mass is 35.5. The van der Waals surface area contributed by atoms with E-state index in [1.165, 1.54) is 5.56 Å². The third kappa shape index (κ3) is 5.26. The van der Waals surface area contributed by atoms with Crippen LogP contribution in [-0.2, 0) is 13.2 Å². The van der Waals surface area contributed by atoms with Crippen molar-refractivity contribution >= 4 is 40.5 Å². The third-order valence-corrected chi connectivity index (χ3v) is 5.16. The minimum Gasteiger partial charge on any atom is -0.493 e. The molecule has 0 bridgehead atoms. The van der Waals surface area contributed by atoms with Gasteiger partial charge in [0.1, 0.15) is 6.61 Å². The molecule has 0 aliphatic heterocycles. The fourth-order valence-electron chi connectivity index (χ4n) is 2.65. The number of aryl methyl sites for hydroxylation is 1. The number of rotatable bonds is 7. The van der Waals surface area contributed by atoms with Crippen molar-refractivity contribution in [3.63, 3.8) is 0 Å². The topological polar surface area (TPSA) is 30.5 Å². The summed E-state index contributed by atoms with van der Waals surface area (Å²) in [6.45, 7) is 2.95. The largest absolute Gasteiger partial charge is 0.493 e. The molecule has 0 heterocycles. The molecule has 0 amide bonds. The molecular weight excluding hydrogens is 417 g/mol. The summed E-state index contributed by atoms with van der Waals surface area (Å²) >= 11 is 18.7. The molecule has 0 aliphatic carbocycles. The quantitative estimate of drug-likeness (QED) is 0.426. The minimum absolute atomic E-state index is 0.433. The first-order valence-electron chi connectivity index (χ1n) is 8.70. The monoisotopic (exact) mass is 435 g/mol. The van der Waals surface area contributed by atoms with Crippen molar-refractivity contribution < 1.29 is 9.47 Å². The van der Waals surface area contributed by atoms with Crippen LogP contribution in [-0.4, -0.2) is 7.11 Å². The fourth-order valence-corrected chi connectivity index (χ4v) is 3.23. The van der Waals surface area contributed by atoms with Gasteiger partial charge in [-0.25, -0.2) is 0 Å². The second-order valence-corrected chi connectivity index (χ2v) is 7.60. The smallest absolute Gasteiger partial charge is 0.163 e. The Bertz CT molecular complexity index is 959. The summed E-state index contributed by atoms with van der Waals surface area (Å²) in [7, 11) is 1.60. The molecule has 1 N–H and O–H groups in total. The predicted molar refractivity (Wildman–Crippen MR) is 117 cm³/mol. The Morgan fingerprint density at radius 2 is 1.61 bits per heavy atom. The molecule has 0 aliphatic rings. The highest BCUT2D eigenvalue weighted by Crippen LogP contribution is 2.35. The van der Waals surface area contributed by atoms with Crippen LogP contribution < -0.4 is 14.8 Å². The lowest BCUT2D eigenvalue weighted by Crippen LogP contribution is -2.03. The summed E-state index contributed by atoms with van der Waals surface area (Å²) in [5, 5.41) is 5.02. The van der Waals surface area contributed by atoms with Crippen LogP contribution in [0.1, 0.15) is 16.7 Å². The first-order chi connectivity index (χ1) is 13.5. The SMILES string of the molecule is COc1cc(CNc2cc(Cl)ccc2Cl)c(Cl)cc1OCc1ccc(C)cc1. The highest BCUT2D eigenvalue weighted by Gasteiger charge is 2.12. The summed E-state index contributed by atoms with van der Waals surface area (Å²) in [6.07, 6.45) is 0. The molecule has 3 rings (SSSR count). The first kappa shape index (κ1) is 20.7. The van der Waals surface area contributed by atoms with Crippen LogP contribution in [0, 0.1) is 6.92 Å².